The molecule has 0 atom stereocenters. The second-order valence-corrected chi connectivity index (χ2v) is 7.62. The number of benzene rings is 4. The van der Waals surface area contributed by atoms with Crippen LogP contribution >= 0.6 is 0 Å². The monoisotopic (exact) mass is 328 g/mol. The van der Waals surface area contributed by atoms with Crippen molar-refractivity contribution in [1.82, 2.24) is 0 Å². The Morgan fingerprint density at radius 2 is 1.20 bits per heavy atom. The Labute approximate surface area is 151 Å². The zero-order chi connectivity index (χ0) is 17.4. The van der Waals surface area contributed by atoms with Crippen molar-refractivity contribution < 1.29 is 0 Å². The fraction of sp³-hybridized carbons (Fsp3) is 0.360. The second kappa shape index (κ2) is 6.67. The first-order valence-electron chi connectivity index (χ1n) is 9.92. The first-order chi connectivity index (χ1) is 12.2. The Morgan fingerprint density at radius 1 is 0.640 bits per heavy atom. The highest BCUT2D eigenvalue weighted by molar-refractivity contribution is 6.24. The molecule has 0 saturated carbocycles. The molecule has 0 aliphatic rings. The summed E-state index contributed by atoms with van der Waals surface area (Å²) < 4.78 is 0. The molecule has 4 rings (SSSR count). The zero-order valence-electron chi connectivity index (χ0n) is 15.8. The topological polar surface area (TPSA) is 0 Å². The van der Waals surface area contributed by atoms with Gasteiger partial charge in [-0.2, -0.15) is 0 Å². The fourth-order valence-corrected chi connectivity index (χ4v) is 4.28. The molecule has 0 heterocycles. The van der Waals surface area contributed by atoms with Gasteiger partial charge in [0.2, 0.25) is 0 Å². The van der Waals surface area contributed by atoms with E-state index in [1.165, 1.54) is 87.5 Å². The van der Waals surface area contributed by atoms with Crippen molar-refractivity contribution in [2.75, 3.05) is 0 Å². The maximum absolute atomic E-state index is 2.44. The quantitative estimate of drug-likeness (QED) is 0.320. The highest BCUT2D eigenvalue weighted by atomic mass is 14.2. The van der Waals surface area contributed by atoms with E-state index in [1.54, 1.807) is 0 Å². The van der Waals surface area contributed by atoms with Crippen molar-refractivity contribution in [3.63, 3.8) is 0 Å². The largest absolute Gasteiger partial charge is 0.0654 e. The number of hydrogen-bond acceptors (Lipinski definition) is 0. The Kier molecular flexibility index (Phi) is 4.37. The fourth-order valence-electron chi connectivity index (χ4n) is 4.28. The van der Waals surface area contributed by atoms with Crippen molar-refractivity contribution >= 4 is 32.3 Å². The molecule has 25 heavy (non-hydrogen) atoms. The predicted octanol–water partition coefficient (Wildman–Crippen LogP) is 7.58. The minimum atomic E-state index is 1.19. The Hall–Kier alpha value is -2.08. The first kappa shape index (κ1) is 16.4. The van der Waals surface area contributed by atoms with Gasteiger partial charge in [0, 0.05) is 0 Å². The molecular weight excluding hydrogens is 300 g/mol. The van der Waals surface area contributed by atoms with Crippen molar-refractivity contribution in [2.45, 2.75) is 59.3 Å². The lowest BCUT2D eigenvalue weighted by Gasteiger charge is -2.16. The summed E-state index contributed by atoms with van der Waals surface area (Å²) in [6.45, 7) is 6.82. The highest BCUT2D eigenvalue weighted by Gasteiger charge is 2.12. The Morgan fingerprint density at radius 3 is 1.84 bits per heavy atom. The number of aryl methyl sites for hydroxylation is 3. The van der Waals surface area contributed by atoms with Crippen LogP contribution in [-0.4, -0.2) is 0 Å². The molecule has 0 nitrogen and oxygen atoms in total. The summed E-state index contributed by atoms with van der Waals surface area (Å²) in [5, 5.41) is 8.60. The molecule has 0 radical (unpaired) electrons. The van der Waals surface area contributed by atoms with Crippen LogP contribution in [0.3, 0.4) is 0 Å². The molecule has 4 aromatic carbocycles. The van der Waals surface area contributed by atoms with E-state index in [-0.39, 0.29) is 0 Å². The molecule has 0 aliphatic carbocycles. The molecule has 0 unspecified atom stereocenters. The number of rotatable bonds is 6. The van der Waals surface area contributed by atoms with Crippen LogP contribution in [0.2, 0.25) is 0 Å². The van der Waals surface area contributed by atoms with Crippen LogP contribution in [0.15, 0.2) is 42.5 Å². The van der Waals surface area contributed by atoms with Crippen molar-refractivity contribution in [3.05, 3.63) is 59.2 Å². The summed E-state index contributed by atoms with van der Waals surface area (Å²) >= 11 is 0. The number of hydrogen-bond donors (Lipinski definition) is 0. The van der Waals surface area contributed by atoms with E-state index in [9.17, 15) is 0 Å². The summed E-state index contributed by atoms with van der Waals surface area (Å²) in [6, 6.07) is 16.8. The van der Waals surface area contributed by atoms with Gasteiger partial charge in [-0.3, -0.25) is 0 Å². The van der Waals surface area contributed by atoms with E-state index in [0.29, 0.717) is 0 Å². The summed E-state index contributed by atoms with van der Waals surface area (Å²) in [4.78, 5) is 0. The predicted molar refractivity (Wildman–Crippen MR) is 112 cm³/mol. The van der Waals surface area contributed by atoms with Gasteiger partial charge in [-0.15, -0.1) is 0 Å². The van der Waals surface area contributed by atoms with Crippen LogP contribution in [0.4, 0.5) is 0 Å². The van der Waals surface area contributed by atoms with Crippen molar-refractivity contribution in [2.24, 2.45) is 0 Å². The molecule has 0 fully saturated rings. The molecule has 0 heteroatoms. The lowest BCUT2D eigenvalue weighted by Crippen LogP contribution is -1.93. The van der Waals surface area contributed by atoms with Crippen LogP contribution in [0.5, 0.6) is 0 Å². The van der Waals surface area contributed by atoms with Crippen LogP contribution < -0.4 is 0 Å². The third-order valence-electron chi connectivity index (χ3n) is 5.62. The highest BCUT2D eigenvalue weighted by Crippen LogP contribution is 2.38. The van der Waals surface area contributed by atoms with Gasteiger partial charge in [0.1, 0.15) is 0 Å². The van der Waals surface area contributed by atoms with Crippen molar-refractivity contribution in [3.8, 4) is 0 Å². The van der Waals surface area contributed by atoms with E-state index in [4.69, 9.17) is 0 Å². The van der Waals surface area contributed by atoms with E-state index in [2.05, 4.69) is 63.2 Å². The lowest BCUT2D eigenvalue weighted by atomic mass is 9.88. The van der Waals surface area contributed by atoms with Gasteiger partial charge < -0.3 is 0 Å². The average molecular weight is 328 g/mol. The van der Waals surface area contributed by atoms with Crippen LogP contribution in [0, 0.1) is 6.92 Å². The summed E-state index contributed by atoms with van der Waals surface area (Å²) in [5.41, 5.74) is 4.38. The van der Waals surface area contributed by atoms with Gasteiger partial charge >= 0.3 is 0 Å². The molecular formula is C25H28. The van der Waals surface area contributed by atoms with E-state index < -0.39 is 0 Å². The molecule has 0 aliphatic heterocycles. The lowest BCUT2D eigenvalue weighted by molar-refractivity contribution is 0.796. The molecule has 0 amide bonds. The summed E-state index contributed by atoms with van der Waals surface area (Å²) in [6.07, 6.45) is 7.43. The molecule has 128 valence electrons. The van der Waals surface area contributed by atoms with Gasteiger partial charge in [-0.1, -0.05) is 69.2 Å². The Balaban J connectivity index is 1.97. The summed E-state index contributed by atoms with van der Waals surface area (Å²) in [7, 11) is 0. The maximum Gasteiger partial charge on any atom is -0.00239 e. The van der Waals surface area contributed by atoms with E-state index in [1.807, 2.05) is 0 Å². The average Bonchev–Trinajstić information content (AvgIpc) is 2.63. The summed E-state index contributed by atoms with van der Waals surface area (Å²) in [5.74, 6) is 0. The number of unbranched alkanes of at least 4 members (excludes halogenated alkanes) is 2. The van der Waals surface area contributed by atoms with Gasteiger partial charge in [0.25, 0.3) is 0 Å². The van der Waals surface area contributed by atoms with Crippen LogP contribution in [-0.2, 0) is 12.8 Å². The van der Waals surface area contributed by atoms with Crippen LogP contribution in [0.25, 0.3) is 32.3 Å². The molecule has 0 aromatic heterocycles. The normalized spacial score (nSPS) is 12.0. The minimum absolute atomic E-state index is 1.19. The van der Waals surface area contributed by atoms with Crippen LogP contribution in [0.1, 0.15) is 56.2 Å². The van der Waals surface area contributed by atoms with Gasteiger partial charge in [-0.05, 0) is 81.6 Å². The van der Waals surface area contributed by atoms with Gasteiger partial charge in [0.15, 0.2) is 0 Å². The third kappa shape index (κ3) is 2.88. The Bertz CT molecular complexity index is 1020. The molecule has 0 saturated heterocycles. The maximum atomic E-state index is 2.44. The first-order valence-corrected chi connectivity index (χ1v) is 9.92. The van der Waals surface area contributed by atoms with Crippen molar-refractivity contribution in [1.29, 1.82) is 0 Å². The molecule has 0 spiro atoms. The zero-order valence-corrected chi connectivity index (χ0v) is 15.8. The standard InChI is InChI=1S/C25H28/c1-4-6-8-18-13-20-10-11-21-14-19(9-7-5-2)16-23-17(3)12-22(15-18)24(20)25(21)23/h10-16H,4-9H2,1-3H3. The molecule has 0 N–H and O–H groups in total. The smallest absolute Gasteiger partial charge is 0.00239 e. The van der Waals surface area contributed by atoms with Gasteiger partial charge in [0.05, 0.1) is 0 Å². The van der Waals surface area contributed by atoms with Gasteiger partial charge in [-0.25, -0.2) is 0 Å². The SMILES string of the molecule is CCCCc1cc2ccc3cc(CCCC)cc4c(C)cc(c1)c2c34. The van der Waals surface area contributed by atoms with E-state index >= 15 is 0 Å². The van der Waals surface area contributed by atoms with E-state index in [0.717, 1.165) is 0 Å². The third-order valence-corrected chi connectivity index (χ3v) is 5.62. The minimum Gasteiger partial charge on any atom is -0.0654 e. The molecule has 4 aromatic rings. The molecule has 0 bridgehead atoms. The second-order valence-electron chi connectivity index (χ2n) is 7.62.